The van der Waals surface area contributed by atoms with Crippen molar-refractivity contribution in [3.8, 4) is 0 Å². The summed E-state index contributed by atoms with van der Waals surface area (Å²) in [6.45, 7) is 2.47. The Labute approximate surface area is 149 Å². The minimum Gasteiger partial charge on any atom is -0.462 e. The molecule has 0 atom stereocenters. The molecule has 1 aromatic heterocycles. The van der Waals surface area contributed by atoms with Crippen molar-refractivity contribution < 1.29 is 14.3 Å². The monoisotopic (exact) mass is 354 g/mol. The van der Waals surface area contributed by atoms with Crippen molar-refractivity contribution in [1.29, 1.82) is 0 Å². The number of fused-ring (bicyclic) bond motifs is 1. The molecule has 0 radical (unpaired) electrons. The smallest absolute Gasteiger partial charge is 0.338 e. The van der Waals surface area contributed by atoms with Gasteiger partial charge < -0.3 is 4.74 Å². The predicted octanol–water partition coefficient (Wildman–Crippen LogP) is 4.51. The van der Waals surface area contributed by atoms with Crippen molar-refractivity contribution in [1.82, 2.24) is 4.98 Å². The Balaban J connectivity index is 1.74. The zero-order valence-corrected chi connectivity index (χ0v) is 14.6. The Morgan fingerprint density at radius 1 is 1.12 bits per heavy atom. The molecule has 128 valence electrons. The van der Waals surface area contributed by atoms with Gasteiger partial charge in [-0.25, -0.2) is 9.78 Å². The number of hydrogen-bond donors (Lipinski definition) is 1. The fourth-order valence-corrected chi connectivity index (χ4v) is 3.16. The van der Waals surface area contributed by atoms with Crippen molar-refractivity contribution >= 4 is 38.6 Å². The van der Waals surface area contributed by atoms with E-state index >= 15 is 0 Å². The van der Waals surface area contributed by atoms with Gasteiger partial charge in [0.05, 0.1) is 22.4 Å². The number of thiazole rings is 1. The third-order valence-electron chi connectivity index (χ3n) is 3.61. The Morgan fingerprint density at radius 3 is 2.68 bits per heavy atom. The van der Waals surface area contributed by atoms with Gasteiger partial charge in [0.25, 0.3) is 5.91 Å². The van der Waals surface area contributed by atoms with Crippen LogP contribution in [0.1, 0.15) is 40.5 Å². The molecular formula is C19H18N2O3S. The lowest BCUT2D eigenvalue weighted by Crippen LogP contribution is -2.11. The maximum atomic E-state index is 12.2. The highest BCUT2D eigenvalue weighted by Crippen LogP contribution is 2.27. The Kier molecular flexibility index (Phi) is 5.40. The van der Waals surface area contributed by atoms with Crippen molar-refractivity contribution in [2.75, 3.05) is 11.9 Å². The van der Waals surface area contributed by atoms with E-state index in [1.54, 1.807) is 30.3 Å². The lowest BCUT2D eigenvalue weighted by molar-refractivity contribution is 0.0500. The van der Waals surface area contributed by atoms with Crippen LogP contribution in [-0.4, -0.2) is 23.5 Å². The van der Waals surface area contributed by atoms with Gasteiger partial charge in [-0.3, -0.25) is 10.1 Å². The second kappa shape index (κ2) is 7.90. The SMILES string of the molecule is CCCCOC(=O)c1ccc2nc(NC(=O)c3ccccc3)sc2c1. The van der Waals surface area contributed by atoms with Crippen LogP contribution in [0.25, 0.3) is 10.2 Å². The van der Waals surface area contributed by atoms with Gasteiger partial charge in [-0.05, 0) is 36.8 Å². The first-order chi connectivity index (χ1) is 12.2. The molecule has 0 aliphatic heterocycles. The molecule has 0 unspecified atom stereocenters. The van der Waals surface area contributed by atoms with E-state index in [0.29, 0.717) is 22.9 Å². The summed E-state index contributed by atoms with van der Waals surface area (Å²) in [6, 6.07) is 14.2. The van der Waals surface area contributed by atoms with E-state index in [-0.39, 0.29) is 11.9 Å². The van der Waals surface area contributed by atoms with E-state index in [1.807, 2.05) is 25.1 Å². The molecule has 0 fully saturated rings. The Hall–Kier alpha value is -2.73. The van der Waals surface area contributed by atoms with Crippen LogP contribution in [0.4, 0.5) is 5.13 Å². The second-order valence-corrected chi connectivity index (χ2v) is 6.54. The Bertz CT molecular complexity index is 890. The molecule has 1 heterocycles. The molecule has 0 aliphatic carbocycles. The molecule has 25 heavy (non-hydrogen) atoms. The first kappa shape index (κ1) is 17.1. The molecule has 0 aliphatic rings. The standard InChI is InChI=1S/C19H18N2O3S/c1-2-3-11-24-18(23)14-9-10-15-16(12-14)25-19(20-15)21-17(22)13-7-5-4-6-8-13/h4-10,12H,2-3,11H2,1H3,(H,20,21,22). The molecule has 6 heteroatoms. The molecule has 1 N–H and O–H groups in total. The van der Waals surface area contributed by atoms with Gasteiger partial charge in [0.1, 0.15) is 0 Å². The minimum atomic E-state index is -0.335. The maximum absolute atomic E-state index is 12.2. The van der Waals surface area contributed by atoms with Gasteiger partial charge in [-0.1, -0.05) is 42.9 Å². The number of benzene rings is 2. The molecule has 0 bridgehead atoms. The summed E-state index contributed by atoms with van der Waals surface area (Å²) in [5.74, 6) is -0.544. The van der Waals surface area contributed by atoms with Crippen LogP contribution < -0.4 is 5.32 Å². The first-order valence-electron chi connectivity index (χ1n) is 8.11. The topological polar surface area (TPSA) is 68.3 Å². The van der Waals surface area contributed by atoms with Crippen LogP contribution in [-0.2, 0) is 4.74 Å². The van der Waals surface area contributed by atoms with E-state index in [1.165, 1.54) is 11.3 Å². The molecule has 0 saturated heterocycles. The average Bonchev–Trinajstić information content (AvgIpc) is 3.03. The second-order valence-electron chi connectivity index (χ2n) is 5.51. The van der Waals surface area contributed by atoms with Gasteiger partial charge in [0.15, 0.2) is 5.13 Å². The summed E-state index contributed by atoms with van der Waals surface area (Å²) in [5, 5.41) is 3.29. The van der Waals surface area contributed by atoms with Crippen LogP contribution in [0.5, 0.6) is 0 Å². The molecule has 3 aromatic rings. The first-order valence-corrected chi connectivity index (χ1v) is 8.93. The number of nitrogens with zero attached hydrogens (tertiary/aromatic N) is 1. The van der Waals surface area contributed by atoms with E-state index in [4.69, 9.17) is 4.74 Å². The third-order valence-corrected chi connectivity index (χ3v) is 4.55. The largest absolute Gasteiger partial charge is 0.462 e. The summed E-state index contributed by atoms with van der Waals surface area (Å²) >= 11 is 1.33. The van der Waals surface area contributed by atoms with E-state index < -0.39 is 0 Å². The molecule has 0 spiro atoms. The molecular weight excluding hydrogens is 336 g/mol. The third kappa shape index (κ3) is 4.22. The number of hydrogen-bond acceptors (Lipinski definition) is 5. The van der Waals surface area contributed by atoms with Gasteiger partial charge in [-0.15, -0.1) is 0 Å². The highest BCUT2D eigenvalue weighted by atomic mass is 32.1. The zero-order chi connectivity index (χ0) is 17.6. The van der Waals surface area contributed by atoms with Gasteiger partial charge >= 0.3 is 5.97 Å². The van der Waals surface area contributed by atoms with Gasteiger partial charge in [0, 0.05) is 5.56 Å². The van der Waals surface area contributed by atoms with E-state index in [9.17, 15) is 9.59 Å². The highest BCUT2D eigenvalue weighted by molar-refractivity contribution is 7.22. The fourth-order valence-electron chi connectivity index (χ4n) is 2.26. The number of rotatable bonds is 6. The summed E-state index contributed by atoms with van der Waals surface area (Å²) in [4.78, 5) is 28.6. The normalized spacial score (nSPS) is 10.6. The number of unbranched alkanes of at least 4 members (excludes halogenated alkanes) is 1. The fraction of sp³-hybridized carbons (Fsp3) is 0.211. The lowest BCUT2D eigenvalue weighted by atomic mass is 10.2. The number of amides is 1. The van der Waals surface area contributed by atoms with Crippen LogP contribution in [0, 0.1) is 0 Å². The highest BCUT2D eigenvalue weighted by Gasteiger charge is 2.12. The van der Waals surface area contributed by atoms with Crippen molar-refractivity contribution in [3.63, 3.8) is 0 Å². The number of anilines is 1. The average molecular weight is 354 g/mol. The summed E-state index contributed by atoms with van der Waals surface area (Å²) in [6.07, 6.45) is 1.83. The number of carbonyl (C=O) groups is 2. The van der Waals surface area contributed by atoms with Crippen LogP contribution in [0.3, 0.4) is 0 Å². The summed E-state index contributed by atoms with van der Waals surface area (Å²) in [7, 11) is 0. The molecule has 5 nitrogen and oxygen atoms in total. The molecule has 3 rings (SSSR count). The Morgan fingerprint density at radius 2 is 1.92 bits per heavy atom. The number of aromatic nitrogens is 1. The number of esters is 1. The zero-order valence-electron chi connectivity index (χ0n) is 13.8. The predicted molar refractivity (Wildman–Crippen MR) is 99.2 cm³/mol. The van der Waals surface area contributed by atoms with Crippen molar-refractivity contribution in [2.24, 2.45) is 0 Å². The molecule has 1 amide bonds. The van der Waals surface area contributed by atoms with Crippen LogP contribution in [0.2, 0.25) is 0 Å². The van der Waals surface area contributed by atoms with Crippen LogP contribution >= 0.6 is 11.3 Å². The van der Waals surface area contributed by atoms with Gasteiger partial charge in [0.2, 0.25) is 0 Å². The van der Waals surface area contributed by atoms with E-state index in [2.05, 4.69) is 10.3 Å². The lowest BCUT2D eigenvalue weighted by Gasteiger charge is -2.03. The summed E-state index contributed by atoms with van der Waals surface area (Å²) in [5.41, 5.74) is 1.80. The number of carbonyl (C=O) groups excluding carboxylic acids is 2. The molecule has 2 aromatic carbocycles. The summed E-state index contributed by atoms with van der Waals surface area (Å²) < 4.78 is 6.05. The van der Waals surface area contributed by atoms with Crippen molar-refractivity contribution in [3.05, 3.63) is 59.7 Å². The van der Waals surface area contributed by atoms with Crippen molar-refractivity contribution in [2.45, 2.75) is 19.8 Å². The number of nitrogens with one attached hydrogen (secondary N) is 1. The van der Waals surface area contributed by atoms with E-state index in [0.717, 1.165) is 23.1 Å². The van der Waals surface area contributed by atoms with Gasteiger partial charge in [-0.2, -0.15) is 0 Å². The minimum absolute atomic E-state index is 0.209. The number of ether oxygens (including phenoxy) is 1. The maximum Gasteiger partial charge on any atom is 0.338 e. The van der Waals surface area contributed by atoms with Crippen LogP contribution in [0.15, 0.2) is 48.5 Å². The molecule has 0 saturated carbocycles. The quantitative estimate of drug-likeness (QED) is 0.522.